The standard InChI is InChI=1S/C12H16BrF3N2S/c1-3-19-5-4-8(2)18-11-10(12(14,15)16)6-9(13)7-17-11/h6-8H,3-5H2,1-2H3,(H,17,18). The molecule has 108 valence electrons. The molecule has 7 heteroatoms. The fourth-order valence-corrected chi connectivity index (χ4v) is 2.62. The molecule has 1 N–H and O–H groups in total. The maximum absolute atomic E-state index is 12.9. The summed E-state index contributed by atoms with van der Waals surface area (Å²) in [5.74, 6) is 1.82. The topological polar surface area (TPSA) is 24.9 Å². The Labute approximate surface area is 123 Å². The van der Waals surface area contributed by atoms with E-state index < -0.39 is 11.7 Å². The minimum atomic E-state index is -4.41. The summed E-state index contributed by atoms with van der Waals surface area (Å²) in [6.45, 7) is 3.92. The Kier molecular flexibility index (Phi) is 6.46. The Hall–Kier alpha value is -0.430. The van der Waals surface area contributed by atoms with E-state index in [1.807, 2.05) is 6.92 Å². The van der Waals surface area contributed by atoms with Crippen molar-refractivity contribution < 1.29 is 13.2 Å². The van der Waals surface area contributed by atoms with E-state index in [9.17, 15) is 13.2 Å². The summed E-state index contributed by atoms with van der Waals surface area (Å²) in [5.41, 5.74) is -0.739. The van der Waals surface area contributed by atoms with Crippen LogP contribution in [0.2, 0.25) is 0 Å². The molecule has 1 unspecified atom stereocenters. The summed E-state index contributed by atoms with van der Waals surface area (Å²) in [6.07, 6.45) is -2.24. The number of hydrogen-bond donors (Lipinski definition) is 1. The van der Waals surface area contributed by atoms with E-state index in [1.54, 1.807) is 11.8 Å². The third-order valence-electron chi connectivity index (χ3n) is 2.44. The van der Waals surface area contributed by atoms with Gasteiger partial charge in [0.1, 0.15) is 5.82 Å². The number of nitrogens with one attached hydrogen (secondary N) is 1. The molecule has 0 aliphatic carbocycles. The van der Waals surface area contributed by atoms with Crippen LogP contribution in [-0.2, 0) is 6.18 Å². The number of pyridine rings is 1. The Morgan fingerprint density at radius 3 is 2.74 bits per heavy atom. The highest BCUT2D eigenvalue weighted by molar-refractivity contribution is 9.10. The van der Waals surface area contributed by atoms with E-state index in [2.05, 4.69) is 33.2 Å². The van der Waals surface area contributed by atoms with Crippen molar-refractivity contribution >= 4 is 33.5 Å². The fraction of sp³-hybridized carbons (Fsp3) is 0.583. The van der Waals surface area contributed by atoms with Crippen LogP contribution in [-0.4, -0.2) is 22.5 Å². The highest BCUT2D eigenvalue weighted by atomic mass is 79.9. The molecular formula is C12H16BrF3N2S. The minimum Gasteiger partial charge on any atom is -0.367 e. The van der Waals surface area contributed by atoms with E-state index in [-0.39, 0.29) is 11.9 Å². The second-order valence-electron chi connectivity index (χ2n) is 4.08. The molecule has 0 aliphatic heterocycles. The molecule has 1 aromatic heterocycles. The van der Waals surface area contributed by atoms with Gasteiger partial charge >= 0.3 is 6.18 Å². The first-order chi connectivity index (χ1) is 8.84. The normalized spacial score (nSPS) is 13.4. The first kappa shape index (κ1) is 16.6. The van der Waals surface area contributed by atoms with Gasteiger partial charge in [-0.15, -0.1) is 0 Å². The van der Waals surface area contributed by atoms with Crippen molar-refractivity contribution in [2.24, 2.45) is 0 Å². The molecule has 0 radical (unpaired) electrons. The van der Waals surface area contributed by atoms with Crippen molar-refractivity contribution in [2.45, 2.75) is 32.5 Å². The Morgan fingerprint density at radius 2 is 2.16 bits per heavy atom. The van der Waals surface area contributed by atoms with Crippen molar-refractivity contribution in [2.75, 3.05) is 16.8 Å². The molecule has 1 atom stereocenters. The van der Waals surface area contributed by atoms with Gasteiger partial charge in [0, 0.05) is 16.7 Å². The Balaban J connectivity index is 2.77. The lowest BCUT2D eigenvalue weighted by molar-refractivity contribution is -0.137. The fourth-order valence-electron chi connectivity index (χ4n) is 1.48. The van der Waals surface area contributed by atoms with E-state index in [1.165, 1.54) is 6.20 Å². The number of rotatable bonds is 6. The van der Waals surface area contributed by atoms with Crippen LogP contribution in [0.3, 0.4) is 0 Å². The Bertz CT molecular complexity index is 412. The monoisotopic (exact) mass is 356 g/mol. The van der Waals surface area contributed by atoms with Crippen molar-refractivity contribution in [3.8, 4) is 0 Å². The van der Waals surface area contributed by atoms with Crippen LogP contribution in [0.15, 0.2) is 16.7 Å². The number of hydrogen-bond acceptors (Lipinski definition) is 3. The number of nitrogens with zero attached hydrogens (tertiary/aromatic N) is 1. The highest BCUT2D eigenvalue weighted by Crippen LogP contribution is 2.35. The second kappa shape index (κ2) is 7.38. The Morgan fingerprint density at radius 1 is 1.47 bits per heavy atom. The van der Waals surface area contributed by atoms with Gasteiger partial charge in [0.2, 0.25) is 0 Å². The zero-order chi connectivity index (χ0) is 14.5. The summed E-state index contributed by atoms with van der Waals surface area (Å²) in [5, 5.41) is 2.84. The molecule has 2 nitrogen and oxygen atoms in total. The smallest absolute Gasteiger partial charge is 0.367 e. The van der Waals surface area contributed by atoms with Gasteiger partial charge < -0.3 is 5.32 Å². The predicted molar refractivity (Wildman–Crippen MR) is 77.6 cm³/mol. The van der Waals surface area contributed by atoms with Crippen LogP contribution in [0, 0.1) is 0 Å². The summed E-state index contributed by atoms with van der Waals surface area (Å²) in [4.78, 5) is 3.83. The van der Waals surface area contributed by atoms with E-state index in [0.717, 1.165) is 24.0 Å². The summed E-state index contributed by atoms with van der Waals surface area (Å²) in [7, 11) is 0. The quantitative estimate of drug-likeness (QED) is 0.740. The summed E-state index contributed by atoms with van der Waals surface area (Å²) in [6, 6.07) is 0.997. The molecule has 0 aliphatic rings. The minimum absolute atomic E-state index is 0.0474. The lowest BCUT2D eigenvalue weighted by Gasteiger charge is -2.18. The van der Waals surface area contributed by atoms with E-state index >= 15 is 0 Å². The zero-order valence-electron chi connectivity index (χ0n) is 10.7. The summed E-state index contributed by atoms with van der Waals surface area (Å²) >= 11 is 4.78. The van der Waals surface area contributed by atoms with Gasteiger partial charge in [-0.3, -0.25) is 0 Å². The van der Waals surface area contributed by atoms with Crippen molar-refractivity contribution in [3.05, 3.63) is 22.3 Å². The average Bonchev–Trinajstić information content (AvgIpc) is 2.30. The van der Waals surface area contributed by atoms with Crippen LogP contribution < -0.4 is 5.32 Å². The maximum Gasteiger partial charge on any atom is 0.419 e. The molecule has 0 saturated heterocycles. The molecule has 0 amide bonds. The average molecular weight is 357 g/mol. The molecule has 0 spiro atoms. The molecule has 1 rings (SSSR count). The van der Waals surface area contributed by atoms with Gasteiger partial charge in [-0.2, -0.15) is 24.9 Å². The number of aromatic nitrogens is 1. The van der Waals surface area contributed by atoms with Crippen LogP contribution >= 0.6 is 27.7 Å². The van der Waals surface area contributed by atoms with E-state index in [0.29, 0.717) is 4.47 Å². The number of halogens is 4. The van der Waals surface area contributed by atoms with Crippen LogP contribution in [0.1, 0.15) is 25.8 Å². The number of anilines is 1. The lowest BCUT2D eigenvalue weighted by Crippen LogP contribution is -2.20. The third kappa shape index (κ3) is 5.60. The maximum atomic E-state index is 12.9. The number of alkyl halides is 3. The SMILES string of the molecule is CCSCCC(C)Nc1ncc(Br)cc1C(F)(F)F. The molecule has 1 heterocycles. The largest absolute Gasteiger partial charge is 0.419 e. The van der Waals surface area contributed by atoms with Crippen molar-refractivity contribution in [1.82, 2.24) is 4.98 Å². The van der Waals surface area contributed by atoms with Gasteiger partial charge in [-0.1, -0.05) is 6.92 Å². The van der Waals surface area contributed by atoms with Crippen LogP contribution in [0.4, 0.5) is 19.0 Å². The van der Waals surface area contributed by atoms with Gasteiger partial charge in [-0.25, -0.2) is 4.98 Å². The molecule has 0 bridgehead atoms. The van der Waals surface area contributed by atoms with Gasteiger partial charge in [-0.05, 0) is 46.8 Å². The molecule has 0 fully saturated rings. The first-order valence-electron chi connectivity index (χ1n) is 5.91. The molecular weight excluding hydrogens is 341 g/mol. The van der Waals surface area contributed by atoms with Gasteiger partial charge in [0.05, 0.1) is 5.56 Å². The van der Waals surface area contributed by atoms with E-state index in [4.69, 9.17) is 0 Å². The predicted octanol–water partition coefficient (Wildman–Crippen LogP) is 4.81. The lowest BCUT2D eigenvalue weighted by atomic mass is 10.2. The van der Waals surface area contributed by atoms with Crippen molar-refractivity contribution in [1.29, 1.82) is 0 Å². The van der Waals surface area contributed by atoms with Crippen LogP contribution in [0.5, 0.6) is 0 Å². The molecule has 0 aromatic carbocycles. The summed E-state index contributed by atoms with van der Waals surface area (Å²) < 4.78 is 39.0. The van der Waals surface area contributed by atoms with Crippen LogP contribution in [0.25, 0.3) is 0 Å². The molecule has 0 saturated carbocycles. The molecule has 1 aromatic rings. The first-order valence-corrected chi connectivity index (χ1v) is 7.86. The van der Waals surface area contributed by atoms with Gasteiger partial charge in [0.15, 0.2) is 0 Å². The molecule has 19 heavy (non-hydrogen) atoms. The van der Waals surface area contributed by atoms with Gasteiger partial charge in [0.25, 0.3) is 0 Å². The third-order valence-corrected chi connectivity index (χ3v) is 3.81. The zero-order valence-corrected chi connectivity index (χ0v) is 13.1. The second-order valence-corrected chi connectivity index (χ2v) is 6.39. The van der Waals surface area contributed by atoms with Crippen molar-refractivity contribution in [3.63, 3.8) is 0 Å². The highest BCUT2D eigenvalue weighted by Gasteiger charge is 2.34. The number of thioether (sulfide) groups is 1.